The minimum absolute atomic E-state index is 0.206. The van der Waals surface area contributed by atoms with Gasteiger partial charge in [-0.15, -0.1) is 11.3 Å². The Morgan fingerprint density at radius 3 is 2.65 bits per heavy atom. The lowest BCUT2D eigenvalue weighted by molar-refractivity contribution is 0.581. The zero-order valence-electron chi connectivity index (χ0n) is 10.6. The normalized spacial score (nSPS) is 11.2. The first-order chi connectivity index (χ1) is 9.62. The van der Waals surface area contributed by atoms with Gasteiger partial charge in [0.1, 0.15) is 0 Å². The first-order valence-electron chi connectivity index (χ1n) is 5.94. The molecule has 1 aromatic carbocycles. The van der Waals surface area contributed by atoms with Crippen LogP contribution in [0.4, 0.5) is 0 Å². The maximum atomic E-state index is 12.0. The minimum Gasteiger partial charge on any atom is -0.250 e. The molecule has 0 saturated carbocycles. The number of nitrogens with one attached hydrogen (secondary N) is 1. The van der Waals surface area contributed by atoms with Crippen molar-refractivity contribution in [1.29, 1.82) is 5.26 Å². The van der Waals surface area contributed by atoms with E-state index in [9.17, 15) is 8.42 Å². The Morgan fingerprint density at radius 1 is 1.30 bits per heavy atom. The summed E-state index contributed by atoms with van der Waals surface area (Å²) < 4.78 is 26.6. The van der Waals surface area contributed by atoms with Crippen molar-refractivity contribution in [2.45, 2.75) is 17.7 Å². The van der Waals surface area contributed by atoms with Gasteiger partial charge >= 0.3 is 0 Å². The highest BCUT2D eigenvalue weighted by Gasteiger charge is 2.13. The van der Waals surface area contributed by atoms with Crippen molar-refractivity contribution in [3.8, 4) is 6.07 Å². The maximum absolute atomic E-state index is 12.0. The third kappa shape index (κ3) is 3.87. The molecule has 20 heavy (non-hydrogen) atoms. The molecule has 0 atom stereocenters. The quantitative estimate of drug-likeness (QED) is 0.881. The molecule has 2 aromatic rings. The number of hydrogen-bond acceptors (Lipinski definition) is 5. The van der Waals surface area contributed by atoms with E-state index in [-0.39, 0.29) is 11.3 Å². The van der Waals surface area contributed by atoms with Crippen molar-refractivity contribution in [2.75, 3.05) is 6.54 Å². The number of nitriles is 1. The van der Waals surface area contributed by atoms with Crippen molar-refractivity contribution in [3.05, 3.63) is 46.4 Å². The second-order valence-corrected chi connectivity index (χ2v) is 6.59. The van der Waals surface area contributed by atoms with Crippen LogP contribution >= 0.6 is 11.3 Å². The standard InChI is InChI=1S/C13H13N3O2S2/c14-7-5-11-1-3-13(4-2-11)20(17,18)16-8-6-12-9-19-10-15-12/h1-4,9-10,16H,5-6,8H2. The minimum atomic E-state index is -3.50. The van der Waals surface area contributed by atoms with Crippen molar-refractivity contribution < 1.29 is 8.42 Å². The van der Waals surface area contributed by atoms with Gasteiger partial charge in [0.25, 0.3) is 0 Å². The third-order valence-electron chi connectivity index (χ3n) is 2.67. The van der Waals surface area contributed by atoms with Crippen LogP contribution in [0, 0.1) is 11.3 Å². The van der Waals surface area contributed by atoms with Crippen LogP contribution in [-0.2, 0) is 22.9 Å². The van der Waals surface area contributed by atoms with E-state index in [0.29, 0.717) is 13.0 Å². The SMILES string of the molecule is N#CCc1ccc(S(=O)(=O)NCCc2cscn2)cc1. The Hall–Kier alpha value is -1.75. The first kappa shape index (κ1) is 14.7. The lowest BCUT2D eigenvalue weighted by atomic mass is 10.2. The molecule has 1 N–H and O–H groups in total. The average molecular weight is 307 g/mol. The fourth-order valence-electron chi connectivity index (χ4n) is 1.64. The lowest BCUT2D eigenvalue weighted by Gasteiger charge is -2.06. The Morgan fingerprint density at radius 2 is 2.05 bits per heavy atom. The Balaban J connectivity index is 1.97. The van der Waals surface area contributed by atoms with E-state index in [4.69, 9.17) is 5.26 Å². The lowest BCUT2D eigenvalue weighted by Crippen LogP contribution is -2.26. The summed E-state index contributed by atoms with van der Waals surface area (Å²) in [5.74, 6) is 0. The van der Waals surface area contributed by atoms with E-state index >= 15 is 0 Å². The van der Waals surface area contributed by atoms with E-state index in [0.717, 1.165) is 11.3 Å². The molecule has 0 aliphatic heterocycles. The first-order valence-corrected chi connectivity index (χ1v) is 8.37. The summed E-state index contributed by atoms with van der Waals surface area (Å²) in [4.78, 5) is 4.30. The molecule has 0 saturated heterocycles. The number of hydrogen-bond donors (Lipinski definition) is 1. The van der Waals surface area contributed by atoms with E-state index in [1.165, 1.54) is 23.5 Å². The number of aromatic nitrogens is 1. The molecule has 0 bridgehead atoms. The molecule has 7 heteroatoms. The van der Waals surface area contributed by atoms with Gasteiger partial charge in [-0.25, -0.2) is 18.1 Å². The van der Waals surface area contributed by atoms with Crippen LogP contribution in [0.25, 0.3) is 0 Å². The van der Waals surface area contributed by atoms with E-state index in [2.05, 4.69) is 9.71 Å². The summed E-state index contributed by atoms with van der Waals surface area (Å²) in [6, 6.07) is 8.35. The van der Waals surface area contributed by atoms with Crippen molar-refractivity contribution in [3.63, 3.8) is 0 Å². The molecule has 0 aliphatic rings. The van der Waals surface area contributed by atoms with Gasteiger partial charge in [0.2, 0.25) is 10.0 Å². The predicted molar refractivity (Wildman–Crippen MR) is 76.8 cm³/mol. The summed E-state index contributed by atoms with van der Waals surface area (Å²) in [5.41, 5.74) is 3.40. The van der Waals surface area contributed by atoms with Crippen molar-refractivity contribution in [1.82, 2.24) is 9.71 Å². The zero-order valence-corrected chi connectivity index (χ0v) is 12.2. The van der Waals surface area contributed by atoms with Gasteiger partial charge in [0.05, 0.1) is 28.6 Å². The zero-order chi connectivity index (χ0) is 14.4. The van der Waals surface area contributed by atoms with Crippen LogP contribution in [0.5, 0.6) is 0 Å². The number of rotatable bonds is 6. The highest BCUT2D eigenvalue weighted by molar-refractivity contribution is 7.89. The van der Waals surface area contributed by atoms with Crippen LogP contribution < -0.4 is 4.72 Å². The van der Waals surface area contributed by atoms with Gasteiger partial charge in [0, 0.05) is 18.3 Å². The summed E-state index contributed by atoms with van der Waals surface area (Å²) in [7, 11) is -3.50. The Bertz CT molecular complexity index is 686. The van der Waals surface area contributed by atoms with Crippen molar-refractivity contribution in [2.24, 2.45) is 0 Å². The molecular weight excluding hydrogens is 294 g/mol. The fraction of sp³-hybridized carbons (Fsp3) is 0.231. The van der Waals surface area contributed by atoms with Gasteiger partial charge in [0.15, 0.2) is 0 Å². The number of nitrogens with zero attached hydrogens (tertiary/aromatic N) is 2. The molecule has 104 valence electrons. The smallest absolute Gasteiger partial charge is 0.240 e. The predicted octanol–water partition coefficient (Wildman–Crippen LogP) is 1.73. The van der Waals surface area contributed by atoms with Crippen LogP contribution in [0.2, 0.25) is 0 Å². The molecule has 2 rings (SSSR count). The summed E-state index contributed by atoms with van der Waals surface area (Å²) in [6.07, 6.45) is 0.840. The highest BCUT2D eigenvalue weighted by atomic mass is 32.2. The molecule has 0 aliphatic carbocycles. The van der Waals surface area contributed by atoms with E-state index < -0.39 is 10.0 Å². The number of thiazole rings is 1. The Labute approximate surface area is 122 Å². The molecular formula is C13H13N3O2S2. The summed E-state index contributed by atoms with van der Waals surface area (Å²) >= 11 is 1.49. The molecule has 0 spiro atoms. The fourth-order valence-corrected chi connectivity index (χ4v) is 3.26. The maximum Gasteiger partial charge on any atom is 0.240 e. The molecule has 5 nitrogen and oxygen atoms in total. The summed E-state index contributed by atoms with van der Waals surface area (Å²) in [5, 5.41) is 10.5. The highest BCUT2D eigenvalue weighted by Crippen LogP contribution is 2.11. The second kappa shape index (κ2) is 6.61. The van der Waals surface area contributed by atoms with Gasteiger partial charge < -0.3 is 0 Å². The molecule has 0 radical (unpaired) electrons. The molecule has 1 aromatic heterocycles. The molecule has 0 amide bonds. The second-order valence-electron chi connectivity index (χ2n) is 4.11. The molecule has 0 unspecified atom stereocenters. The van der Waals surface area contributed by atoms with Crippen LogP contribution in [-0.4, -0.2) is 19.9 Å². The monoisotopic (exact) mass is 307 g/mol. The number of sulfonamides is 1. The molecule has 1 heterocycles. The molecule has 0 fully saturated rings. The van der Waals surface area contributed by atoms with Crippen LogP contribution in [0.15, 0.2) is 40.1 Å². The third-order valence-corrected chi connectivity index (χ3v) is 4.79. The van der Waals surface area contributed by atoms with Gasteiger partial charge in [-0.05, 0) is 17.7 Å². The number of benzene rings is 1. The van der Waals surface area contributed by atoms with E-state index in [1.807, 2.05) is 11.4 Å². The van der Waals surface area contributed by atoms with Gasteiger partial charge in [-0.3, -0.25) is 0 Å². The van der Waals surface area contributed by atoms with Crippen molar-refractivity contribution >= 4 is 21.4 Å². The van der Waals surface area contributed by atoms with Crippen LogP contribution in [0.1, 0.15) is 11.3 Å². The average Bonchev–Trinajstić information content (AvgIpc) is 2.93. The van der Waals surface area contributed by atoms with Crippen LogP contribution in [0.3, 0.4) is 0 Å². The largest absolute Gasteiger partial charge is 0.250 e. The van der Waals surface area contributed by atoms with Gasteiger partial charge in [-0.1, -0.05) is 12.1 Å². The van der Waals surface area contributed by atoms with E-state index in [1.54, 1.807) is 17.6 Å². The van der Waals surface area contributed by atoms with Gasteiger partial charge in [-0.2, -0.15) is 5.26 Å². The summed E-state index contributed by atoms with van der Waals surface area (Å²) in [6.45, 7) is 0.312. The topological polar surface area (TPSA) is 82.8 Å². The Kier molecular flexibility index (Phi) is 4.84.